The number of rotatable bonds is 1. The highest BCUT2D eigenvalue weighted by Crippen LogP contribution is 2.32. The van der Waals surface area contributed by atoms with Gasteiger partial charge >= 0.3 is 18.3 Å². The Hall–Kier alpha value is -0.990. The van der Waals surface area contributed by atoms with Gasteiger partial charge in [-0.3, -0.25) is 4.79 Å². The summed E-state index contributed by atoms with van der Waals surface area (Å²) in [5.74, 6) is -3.22. The maximum atomic E-state index is 12.2. The van der Waals surface area contributed by atoms with E-state index >= 15 is 0 Å². The number of likely N-dealkylation sites (tertiary alicyclic amines) is 1. The number of carbonyl (C=O) groups is 1. The number of piperidine rings is 1. The van der Waals surface area contributed by atoms with Crippen LogP contribution < -0.4 is 0 Å². The van der Waals surface area contributed by atoms with Crippen LogP contribution in [0.15, 0.2) is 0 Å². The zero-order chi connectivity index (χ0) is 14.1. The van der Waals surface area contributed by atoms with Crippen molar-refractivity contribution in [3.05, 3.63) is 0 Å². The van der Waals surface area contributed by atoms with E-state index in [0.29, 0.717) is 4.90 Å². The van der Waals surface area contributed by atoms with Crippen molar-refractivity contribution >= 4 is 5.91 Å². The van der Waals surface area contributed by atoms with Gasteiger partial charge in [0.05, 0.1) is 0 Å². The molecule has 1 N–H and O–H groups in total. The molecule has 1 saturated heterocycles. The molecule has 0 radical (unpaired) electrons. The number of nitrogens with zero attached hydrogens (tertiary/aromatic N) is 1. The molecule has 0 aromatic rings. The smallest absolute Gasteiger partial charge is 0.383 e. The summed E-state index contributed by atoms with van der Waals surface area (Å²) in [4.78, 5) is 11.3. The Bertz CT molecular complexity index is 305. The van der Waals surface area contributed by atoms with Crippen LogP contribution in [0.3, 0.4) is 0 Å². The first-order chi connectivity index (χ1) is 8.03. The molecule has 9 heteroatoms. The normalized spacial score (nSPS) is 20.9. The van der Waals surface area contributed by atoms with Gasteiger partial charge in [0.25, 0.3) is 0 Å². The molecule has 0 aromatic carbocycles. The Balaban J connectivity index is 2.54. The quantitative estimate of drug-likeness (QED) is 0.742. The molecule has 1 amide bonds. The lowest BCUT2D eigenvalue weighted by Crippen LogP contribution is -2.48. The van der Waals surface area contributed by atoms with Crippen molar-refractivity contribution in [3.8, 4) is 0 Å². The Morgan fingerprint density at radius 2 is 1.56 bits per heavy atom. The molecule has 1 aliphatic rings. The second kappa shape index (κ2) is 4.94. The predicted octanol–water partition coefficient (Wildman–Crippen LogP) is 1.71. The van der Waals surface area contributed by atoms with Gasteiger partial charge in [-0.25, -0.2) is 0 Å². The van der Waals surface area contributed by atoms with Gasteiger partial charge in [0.2, 0.25) is 0 Å². The van der Waals surface area contributed by atoms with Crippen molar-refractivity contribution in [1.29, 1.82) is 0 Å². The first-order valence-electron chi connectivity index (χ1n) is 5.14. The van der Waals surface area contributed by atoms with E-state index in [-0.39, 0.29) is 12.8 Å². The summed E-state index contributed by atoms with van der Waals surface area (Å²) in [6.45, 7) is -0.869. The van der Waals surface area contributed by atoms with E-state index in [9.17, 15) is 31.1 Å². The molecule has 0 aliphatic carbocycles. The van der Waals surface area contributed by atoms with E-state index in [1.54, 1.807) is 0 Å². The van der Waals surface area contributed by atoms with Crippen molar-refractivity contribution in [2.75, 3.05) is 13.1 Å². The maximum Gasteiger partial charge on any atom is 0.471 e. The highest BCUT2D eigenvalue weighted by molar-refractivity contribution is 5.81. The molecule has 0 aromatic heterocycles. The van der Waals surface area contributed by atoms with Gasteiger partial charge < -0.3 is 10.0 Å². The molecule has 0 spiro atoms. The highest BCUT2D eigenvalue weighted by atomic mass is 19.4. The van der Waals surface area contributed by atoms with E-state index in [1.807, 2.05) is 0 Å². The number of amides is 1. The van der Waals surface area contributed by atoms with Crippen LogP contribution in [-0.4, -0.2) is 47.5 Å². The summed E-state index contributed by atoms with van der Waals surface area (Å²) in [5.41, 5.74) is 0. The van der Waals surface area contributed by atoms with Gasteiger partial charge in [0.1, 0.15) is 0 Å². The Morgan fingerprint density at radius 3 is 1.89 bits per heavy atom. The number of halogens is 6. The second-order valence-corrected chi connectivity index (χ2v) is 4.11. The molecule has 1 heterocycles. The molecule has 1 aliphatic heterocycles. The number of hydrogen-bond acceptors (Lipinski definition) is 2. The summed E-state index contributed by atoms with van der Waals surface area (Å²) < 4.78 is 72.7. The third-order valence-electron chi connectivity index (χ3n) is 2.85. The maximum absolute atomic E-state index is 12.2. The van der Waals surface area contributed by atoms with Crippen LogP contribution in [0.1, 0.15) is 12.8 Å². The molecule has 0 saturated carbocycles. The first-order valence-corrected chi connectivity index (χ1v) is 5.14. The predicted molar refractivity (Wildman–Crippen MR) is 47.4 cm³/mol. The zero-order valence-electron chi connectivity index (χ0n) is 9.05. The monoisotopic (exact) mass is 279 g/mol. The molecular weight excluding hydrogens is 268 g/mol. The van der Waals surface area contributed by atoms with Crippen LogP contribution in [0.5, 0.6) is 0 Å². The van der Waals surface area contributed by atoms with Crippen molar-refractivity contribution in [2.24, 2.45) is 5.92 Å². The second-order valence-electron chi connectivity index (χ2n) is 4.11. The van der Waals surface area contributed by atoms with Crippen LogP contribution in [0, 0.1) is 5.92 Å². The summed E-state index contributed by atoms with van der Waals surface area (Å²) in [6, 6.07) is 0. The molecule has 18 heavy (non-hydrogen) atoms. The minimum Gasteiger partial charge on any atom is -0.383 e. The van der Waals surface area contributed by atoms with E-state index < -0.39 is 43.4 Å². The van der Waals surface area contributed by atoms with Gasteiger partial charge in [-0.2, -0.15) is 26.3 Å². The fraction of sp³-hybridized carbons (Fsp3) is 0.889. The SMILES string of the molecule is O=C(N1CCC([C@H](O)C(F)(F)F)CC1)C(F)(F)F. The van der Waals surface area contributed by atoms with E-state index in [2.05, 4.69) is 0 Å². The summed E-state index contributed by atoms with van der Waals surface area (Å²) in [6.07, 6.45) is -13.0. The first kappa shape index (κ1) is 15.1. The van der Waals surface area contributed by atoms with Gasteiger partial charge in [0, 0.05) is 13.1 Å². The van der Waals surface area contributed by atoms with E-state index in [1.165, 1.54) is 0 Å². The zero-order valence-corrected chi connectivity index (χ0v) is 9.05. The van der Waals surface area contributed by atoms with Gasteiger partial charge in [-0.1, -0.05) is 0 Å². The average molecular weight is 279 g/mol. The molecule has 1 rings (SSSR count). The summed E-state index contributed by atoms with van der Waals surface area (Å²) in [5, 5.41) is 8.94. The molecular formula is C9H11F6NO2. The lowest BCUT2D eigenvalue weighted by Gasteiger charge is -2.34. The largest absolute Gasteiger partial charge is 0.471 e. The van der Waals surface area contributed by atoms with Crippen molar-refractivity contribution < 1.29 is 36.2 Å². The topological polar surface area (TPSA) is 40.5 Å². The van der Waals surface area contributed by atoms with Crippen LogP contribution in [0.25, 0.3) is 0 Å². The molecule has 1 atom stereocenters. The number of aliphatic hydroxyl groups is 1. The number of carbonyl (C=O) groups excluding carboxylic acids is 1. The molecule has 3 nitrogen and oxygen atoms in total. The minimum atomic E-state index is -5.02. The number of aliphatic hydroxyl groups excluding tert-OH is 1. The van der Waals surface area contributed by atoms with Crippen LogP contribution in [-0.2, 0) is 4.79 Å². The molecule has 106 valence electrons. The van der Waals surface area contributed by atoms with Gasteiger partial charge in [0.15, 0.2) is 6.10 Å². The van der Waals surface area contributed by atoms with Gasteiger partial charge in [-0.05, 0) is 18.8 Å². The molecule has 1 fully saturated rings. The Labute approximate surface area is 98.4 Å². The Kier molecular flexibility index (Phi) is 4.14. The standard InChI is InChI=1S/C9H11F6NO2/c10-8(11,12)6(17)5-1-3-16(4-2-5)7(18)9(13,14)15/h5-6,17H,1-4H2/t6-/m0/s1. The summed E-state index contributed by atoms with van der Waals surface area (Å²) >= 11 is 0. The number of hydrogen-bond donors (Lipinski definition) is 1. The lowest BCUT2D eigenvalue weighted by molar-refractivity contribution is -0.224. The average Bonchev–Trinajstić information content (AvgIpc) is 2.25. The van der Waals surface area contributed by atoms with E-state index in [0.717, 1.165) is 0 Å². The van der Waals surface area contributed by atoms with Crippen molar-refractivity contribution in [2.45, 2.75) is 31.3 Å². The Morgan fingerprint density at radius 1 is 1.11 bits per heavy atom. The third-order valence-corrected chi connectivity index (χ3v) is 2.85. The van der Waals surface area contributed by atoms with Crippen molar-refractivity contribution in [3.63, 3.8) is 0 Å². The van der Waals surface area contributed by atoms with Gasteiger partial charge in [-0.15, -0.1) is 0 Å². The molecule has 0 bridgehead atoms. The third kappa shape index (κ3) is 3.50. The highest BCUT2D eigenvalue weighted by Gasteiger charge is 2.47. The fourth-order valence-electron chi connectivity index (χ4n) is 1.86. The summed E-state index contributed by atoms with van der Waals surface area (Å²) in [7, 11) is 0. The van der Waals surface area contributed by atoms with E-state index in [4.69, 9.17) is 5.11 Å². The molecule has 0 unspecified atom stereocenters. The van der Waals surface area contributed by atoms with Crippen molar-refractivity contribution in [1.82, 2.24) is 4.90 Å². The lowest BCUT2D eigenvalue weighted by atomic mass is 9.91. The minimum absolute atomic E-state index is 0.303. The van der Waals surface area contributed by atoms with Crippen LogP contribution >= 0.6 is 0 Å². The van der Waals surface area contributed by atoms with Crippen LogP contribution in [0.4, 0.5) is 26.3 Å². The fourth-order valence-corrected chi connectivity index (χ4v) is 1.86. The van der Waals surface area contributed by atoms with Crippen LogP contribution in [0.2, 0.25) is 0 Å². The number of alkyl halides is 6.